The number of anilines is 1. The number of alkyl halides is 3. The van der Waals surface area contributed by atoms with E-state index >= 15 is 0 Å². The van der Waals surface area contributed by atoms with E-state index < -0.39 is 48.2 Å². The molecule has 4 rings (SSSR count). The molecule has 0 spiro atoms. The Hall–Kier alpha value is -3.25. The van der Waals surface area contributed by atoms with Crippen LogP contribution in [0.1, 0.15) is 67.5 Å². The SMILES string of the molecule is COC(CF)CN(CCCCc1ccc2c(n1)NCCC2)CCC(NC(=O)C1(c2cccnc2C(F)F)CC1)C(=O)O. The summed E-state index contributed by atoms with van der Waals surface area (Å²) < 4.78 is 45.8. The van der Waals surface area contributed by atoms with Crippen molar-refractivity contribution in [2.45, 2.75) is 75.4 Å². The normalized spacial score (nSPS) is 16.9. The van der Waals surface area contributed by atoms with Crippen LogP contribution in [0.15, 0.2) is 30.5 Å². The lowest BCUT2D eigenvalue weighted by Crippen LogP contribution is -2.48. The summed E-state index contributed by atoms with van der Waals surface area (Å²) in [6, 6.07) is 5.89. The van der Waals surface area contributed by atoms with E-state index in [2.05, 4.69) is 27.8 Å². The minimum absolute atomic E-state index is 0.0622. The van der Waals surface area contributed by atoms with Gasteiger partial charge < -0.3 is 25.4 Å². The third-order valence-corrected chi connectivity index (χ3v) is 8.16. The zero-order valence-electron chi connectivity index (χ0n) is 24.0. The Morgan fingerprint density at radius 2 is 2.02 bits per heavy atom. The third kappa shape index (κ3) is 7.97. The molecular weight excluding hydrogens is 551 g/mol. The summed E-state index contributed by atoms with van der Waals surface area (Å²) in [5.41, 5.74) is 0.707. The Bertz CT molecular complexity index is 1210. The molecule has 2 unspecified atom stereocenters. The first-order chi connectivity index (χ1) is 20.3. The molecule has 9 nitrogen and oxygen atoms in total. The number of aromatic nitrogens is 2. The number of hydrogen-bond acceptors (Lipinski definition) is 7. The Labute approximate surface area is 244 Å². The first-order valence-corrected chi connectivity index (χ1v) is 14.6. The van der Waals surface area contributed by atoms with Gasteiger partial charge in [-0.2, -0.15) is 0 Å². The number of unbranched alkanes of at least 4 members (excludes halogenated alkanes) is 1. The zero-order chi connectivity index (χ0) is 30.1. The second-order valence-electron chi connectivity index (χ2n) is 11.1. The number of fused-ring (bicyclic) bond motifs is 1. The van der Waals surface area contributed by atoms with Crippen LogP contribution < -0.4 is 10.6 Å². The number of nitrogens with zero attached hydrogens (tertiary/aromatic N) is 3. The van der Waals surface area contributed by atoms with Crippen molar-refractivity contribution in [3.8, 4) is 0 Å². The molecule has 0 aromatic carbocycles. The molecule has 1 aliphatic heterocycles. The lowest BCUT2D eigenvalue weighted by Gasteiger charge is -2.28. The molecule has 1 fully saturated rings. The Morgan fingerprint density at radius 3 is 2.71 bits per heavy atom. The third-order valence-electron chi connectivity index (χ3n) is 8.16. The number of ether oxygens (including phenoxy) is 1. The summed E-state index contributed by atoms with van der Waals surface area (Å²) >= 11 is 0. The molecule has 3 heterocycles. The van der Waals surface area contributed by atoms with Gasteiger partial charge in [-0.3, -0.25) is 9.78 Å². The van der Waals surface area contributed by atoms with Gasteiger partial charge in [0.25, 0.3) is 6.43 Å². The highest BCUT2D eigenvalue weighted by Gasteiger charge is 2.54. The molecule has 0 saturated heterocycles. The molecule has 2 aromatic rings. The van der Waals surface area contributed by atoms with Crippen molar-refractivity contribution in [2.24, 2.45) is 0 Å². The molecule has 3 N–H and O–H groups in total. The van der Waals surface area contributed by atoms with E-state index in [1.54, 1.807) is 0 Å². The second kappa shape index (κ2) is 14.8. The Balaban J connectivity index is 1.34. The number of methoxy groups -OCH3 is 1. The number of carboxylic acids is 1. The molecule has 0 radical (unpaired) electrons. The summed E-state index contributed by atoms with van der Waals surface area (Å²) in [6.45, 7) is 1.37. The van der Waals surface area contributed by atoms with E-state index in [0.717, 1.165) is 50.2 Å². The summed E-state index contributed by atoms with van der Waals surface area (Å²) in [7, 11) is 1.43. The van der Waals surface area contributed by atoms with E-state index in [-0.39, 0.29) is 25.1 Å². The van der Waals surface area contributed by atoms with Gasteiger partial charge >= 0.3 is 5.97 Å². The molecular formula is C30H40F3N5O4. The van der Waals surface area contributed by atoms with Crippen LogP contribution in [0.2, 0.25) is 0 Å². The fourth-order valence-corrected chi connectivity index (χ4v) is 5.52. The van der Waals surface area contributed by atoms with Crippen molar-refractivity contribution >= 4 is 17.7 Å². The standard InChI is InChI=1S/C30H40F3N5O4/c1-42-22(18-31)19-38(16-3-2-7-21-10-9-20-6-4-15-35-27(20)36-21)17-11-24(28(39)40)37-29(41)30(12-13-30)23-8-5-14-34-25(23)26(32)33/h5,8-10,14,22,24,26H,2-4,6-7,11-13,15-19H2,1H3,(H,35,36)(H,37,41)(H,39,40). The van der Waals surface area contributed by atoms with E-state index in [1.807, 2.05) is 4.90 Å². The van der Waals surface area contributed by atoms with Gasteiger partial charge in [0.2, 0.25) is 5.91 Å². The van der Waals surface area contributed by atoms with Crippen LogP contribution in [0.5, 0.6) is 0 Å². The predicted octanol–water partition coefficient (Wildman–Crippen LogP) is 4.07. The topological polar surface area (TPSA) is 117 Å². The Kier molecular flexibility index (Phi) is 11.1. The quantitative estimate of drug-likeness (QED) is 0.236. The maximum Gasteiger partial charge on any atom is 0.326 e. The van der Waals surface area contributed by atoms with Crippen molar-refractivity contribution in [3.63, 3.8) is 0 Å². The number of carbonyl (C=O) groups excluding carboxylic acids is 1. The summed E-state index contributed by atoms with van der Waals surface area (Å²) in [4.78, 5) is 35.8. The van der Waals surface area contributed by atoms with Crippen molar-refractivity contribution in [1.82, 2.24) is 20.2 Å². The molecule has 2 atom stereocenters. The van der Waals surface area contributed by atoms with Gasteiger partial charge in [0.1, 0.15) is 24.2 Å². The second-order valence-corrected chi connectivity index (χ2v) is 11.1. The average molecular weight is 592 g/mol. The molecule has 230 valence electrons. The summed E-state index contributed by atoms with van der Waals surface area (Å²) in [6.07, 6.45) is 3.00. The van der Waals surface area contributed by atoms with Gasteiger partial charge in [-0.05, 0) is 81.2 Å². The molecule has 12 heteroatoms. The smallest absolute Gasteiger partial charge is 0.326 e. The van der Waals surface area contributed by atoms with Crippen LogP contribution >= 0.6 is 0 Å². The minimum Gasteiger partial charge on any atom is -0.480 e. The zero-order valence-corrected chi connectivity index (χ0v) is 24.0. The number of aliphatic carboxylic acids is 1. The average Bonchev–Trinajstić information content (AvgIpc) is 3.81. The molecule has 2 aromatic heterocycles. The van der Waals surface area contributed by atoms with Gasteiger partial charge in [0.05, 0.1) is 11.5 Å². The fourth-order valence-electron chi connectivity index (χ4n) is 5.52. The predicted molar refractivity (Wildman–Crippen MR) is 151 cm³/mol. The van der Waals surface area contributed by atoms with Crippen LogP contribution in [0.25, 0.3) is 0 Å². The minimum atomic E-state index is -2.85. The maximum atomic E-state index is 13.6. The molecule has 1 aliphatic carbocycles. The molecule has 0 bridgehead atoms. The van der Waals surface area contributed by atoms with Gasteiger partial charge in [-0.25, -0.2) is 22.9 Å². The first-order valence-electron chi connectivity index (χ1n) is 14.6. The monoisotopic (exact) mass is 591 g/mol. The number of amides is 1. The van der Waals surface area contributed by atoms with Crippen LogP contribution in [0.4, 0.5) is 19.0 Å². The van der Waals surface area contributed by atoms with E-state index in [0.29, 0.717) is 19.4 Å². The number of hydrogen-bond donors (Lipinski definition) is 3. The number of pyridine rings is 2. The lowest BCUT2D eigenvalue weighted by molar-refractivity contribution is -0.142. The first kappa shape index (κ1) is 31.7. The van der Waals surface area contributed by atoms with E-state index in [9.17, 15) is 27.9 Å². The van der Waals surface area contributed by atoms with Crippen LogP contribution in [0, 0.1) is 0 Å². The number of aryl methyl sites for hydroxylation is 2. The highest BCUT2D eigenvalue weighted by Crippen LogP contribution is 2.50. The molecule has 1 amide bonds. The van der Waals surface area contributed by atoms with E-state index in [4.69, 9.17) is 9.72 Å². The molecule has 42 heavy (non-hydrogen) atoms. The van der Waals surface area contributed by atoms with E-state index in [1.165, 1.54) is 31.0 Å². The largest absolute Gasteiger partial charge is 0.480 e. The number of rotatable bonds is 17. The summed E-state index contributed by atoms with van der Waals surface area (Å²) in [5.74, 6) is -0.864. The van der Waals surface area contributed by atoms with Gasteiger partial charge in [0, 0.05) is 38.6 Å². The van der Waals surface area contributed by atoms with Gasteiger partial charge in [0.15, 0.2) is 0 Å². The number of nitrogens with one attached hydrogen (secondary N) is 2. The lowest BCUT2D eigenvalue weighted by atomic mass is 9.92. The highest BCUT2D eigenvalue weighted by molar-refractivity contribution is 5.94. The van der Waals surface area contributed by atoms with Crippen LogP contribution in [0.3, 0.4) is 0 Å². The fraction of sp³-hybridized carbons (Fsp3) is 0.600. The number of halogens is 3. The van der Waals surface area contributed by atoms with Crippen molar-refractivity contribution < 1.29 is 32.6 Å². The van der Waals surface area contributed by atoms with Crippen molar-refractivity contribution in [1.29, 1.82) is 0 Å². The number of carboxylic acid groups (broad SMARTS) is 1. The molecule has 1 saturated carbocycles. The molecule has 2 aliphatic rings. The summed E-state index contributed by atoms with van der Waals surface area (Å²) in [5, 5.41) is 15.8. The van der Waals surface area contributed by atoms with Crippen LogP contribution in [-0.4, -0.2) is 84.0 Å². The van der Waals surface area contributed by atoms with Crippen molar-refractivity contribution in [3.05, 3.63) is 53.0 Å². The maximum absolute atomic E-state index is 13.6. The number of carbonyl (C=O) groups is 2. The van der Waals surface area contributed by atoms with Crippen LogP contribution in [-0.2, 0) is 32.6 Å². The van der Waals surface area contributed by atoms with Crippen molar-refractivity contribution in [2.75, 3.05) is 45.3 Å². The highest BCUT2D eigenvalue weighted by atomic mass is 19.3. The van der Waals surface area contributed by atoms with Gasteiger partial charge in [-0.1, -0.05) is 12.1 Å². The van der Waals surface area contributed by atoms with Gasteiger partial charge in [-0.15, -0.1) is 0 Å². The Morgan fingerprint density at radius 1 is 1.21 bits per heavy atom.